The van der Waals surface area contributed by atoms with Gasteiger partial charge >= 0.3 is 0 Å². The van der Waals surface area contributed by atoms with Crippen molar-refractivity contribution in [2.45, 2.75) is 19.4 Å². The molecule has 2 aromatic rings. The molecular weight excluding hydrogens is 260 g/mol. The molecule has 0 radical (unpaired) electrons. The third-order valence-corrected chi connectivity index (χ3v) is 3.55. The Hall–Kier alpha value is -2.13. The highest BCUT2D eigenvalue weighted by atomic mass is 16.1. The van der Waals surface area contributed by atoms with Crippen LogP contribution in [0.1, 0.15) is 34.5 Å². The zero-order valence-electron chi connectivity index (χ0n) is 12.6. The van der Waals surface area contributed by atoms with Gasteiger partial charge in [-0.3, -0.25) is 4.79 Å². The van der Waals surface area contributed by atoms with Crippen molar-refractivity contribution in [3.8, 4) is 0 Å². The van der Waals surface area contributed by atoms with Crippen LogP contribution in [0.3, 0.4) is 0 Å². The Bertz CT molecular complexity index is 581. The molecule has 21 heavy (non-hydrogen) atoms. The van der Waals surface area contributed by atoms with Crippen LogP contribution < -0.4 is 10.6 Å². The third kappa shape index (κ3) is 4.17. The Balaban J connectivity index is 2.10. The van der Waals surface area contributed by atoms with E-state index < -0.39 is 0 Å². The fraction of sp³-hybridized carbons (Fsp3) is 0.278. The molecule has 2 N–H and O–H groups in total. The molecule has 1 amide bonds. The summed E-state index contributed by atoms with van der Waals surface area (Å²) in [5, 5.41) is 6.19. The lowest BCUT2D eigenvalue weighted by molar-refractivity contribution is 0.0939. The quantitative estimate of drug-likeness (QED) is 0.855. The van der Waals surface area contributed by atoms with Crippen LogP contribution in [-0.4, -0.2) is 19.5 Å². The van der Waals surface area contributed by atoms with Crippen LogP contribution in [0.25, 0.3) is 0 Å². The number of carbonyl (C=O) groups excluding carboxylic acids is 1. The van der Waals surface area contributed by atoms with Gasteiger partial charge in [0.15, 0.2) is 0 Å². The van der Waals surface area contributed by atoms with Crippen molar-refractivity contribution >= 4 is 5.91 Å². The van der Waals surface area contributed by atoms with Crippen LogP contribution in [0.2, 0.25) is 0 Å². The van der Waals surface area contributed by atoms with Crippen molar-refractivity contribution in [2.24, 2.45) is 0 Å². The van der Waals surface area contributed by atoms with Gasteiger partial charge in [0.05, 0.1) is 6.04 Å². The van der Waals surface area contributed by atoms with E-state index in [9.17, 15) is 4.79 Å². The Kier molecular flexibility index (Phi) is 5.52. The van der Waals surface area contributed by atoms with Crippen LogP contribution in [0.4, 0.5) is 0 Å². The van der Waals surface area contributed by atoms with Crippen molar-refractivity contribution < 1.29 is 4.79 Å². The van der Waals surface area contributed by atoms with E-state index in [4.69, 9.17) is 0 Å². The minimum Gasteiger partial charge on any atom is -0.346 e. The highest BCUT2D eigenvalue weighted by Gasteiger charge is 2.14. The van der Waals surface area contributed by atoms with E-state index in [1.165, 1.54) is 0 Å². The highest BCUT2D eigenvalue weighted by molar-refractivity contribution is 5.95. The Morgan fingerprint density at radius 3 is 2.43 bits per heavy atom. The van der Waals surface area contributed by atoms with Gasteiger partial charge in [-0.25, -0.2) is 0 Å². The summed E-state index contributed by atoms with van der Waals surface area (Å²) in [6, 6.07) is 17.8. The first-order valence-electron chi connectivity index (χ1n) is 7.30. The number of rotatable bonds is 6. The first-order valence-corrected chi connectivity index (χ1v) is 7.30. The molecule has 0 aliphatic heterocycles. The van der Waals surface area contributed by atoms with E-state index in [0.29, 0.717) is 0 Å². The second-order valence-electron chi connectivity index (χ2n) is 5.12. The van der Waals surface area contributed by atoms with Gasteiger partial charge in [0, 0.05) is 5.56 Å². The minimum atomic E-state index is -0.0157. The van der Waals surface area contributed by atoms with E-state index in [1.807, 2.05) is 68.6 Å². The molecule has 0 bridgehead atoms. The monoisotopic (exact) mass is 282 g/mol. The number of amides is 1. The molecule has 0 saturated carbocycles. The standard InChI is InChI=1S/C18H22N2O/c1-14(15-8-4-3-5-9-15)20-18(21)17-11-7-6-10-16(17)12-13-19-2/h3-11,14,19H,12-13H2,1-2H3,(H,20,21)/t14-/m1/s1. The summed E-state index contributed by atoms with van der Waals surface area (Å²) in [5.74, 6) is -0.0157. The lowest BCUT2D eigenvalue weighted by Gasteiger charge is -2.16. The van der Waals surface area contributed by atoms with E-state index in [1.54, 1.807) is 0 Å². The Morgan fingerprint density at radius 2 is 1.71 bits per heavy atom. The number of benzene rings is 2. The molecule has 0 fully saturated rings. The first kappa shape index (κ1) is 15.3. The summed E-state index contributed by atoms with van der Waals surface area (Å²) in [5.41, 5.74) is 2.94. The molecule has 110 valence electrons. The van der Waals surface area contributed by atoms with Crippen molar-refractivity contribution in [3.63, 3.8) is 0 Å². The van der Waals surface area contributed by atoms with Gasteiger partial charge in [-0.2, -0.15) is 0 Å². The summed E-state index contributed by atoms with van der Waals surface area (Å²) >= 11 is 0. The van der Waals surface area contributed by atoms with Gasteiger partial charge in [0.1, 0.15) is 0 Å². The van der Waals surface area contributed by atoms with Crippen LogP contribution in [0.15, 0.2) is 54.6 Å². The predicted molar refractivity (Wildman–Crippen MR) is 86.4 cm³/mol. The van der Waals surface area contributed by atoms with E-state index in [2.05, 4.69) is 10.6 Å². The summed E-state index contributed by atoms with van der Waals surface area (Å²) in [7, 11) is 1.92. The average Bonchev–Trinajstić information content (AvgIpc) is 2.54. The molecule has 0 aromatic heterocycles. The molecule has 1 atom stereocenters. The minimum absolute atomic E-state index is 0.00365. The summed E-state index contributed by atoms with van der Waals surface area (Å²) < 4.78 is 0. The SMILES string of the molecule is CNCCc1ccccc1C(=O)N[C@H](C)c1ccccc1. The molecule has 3 nitrogen and oxygen atoms in total. The van der Waals surface area contributed by atoms with Crippen molar-refractivity contribution in [1.82, 2.24) is 10.6 Å². The smallest absolute Gasteiger partial charge is 0.252 e. The maximum atomic E-state index is 12.5. The summed E-state index contributed by atoms with van der Waals surface area (Å²) in [6.45, 7) is 2.86. The lowest BCUT2D eigenvalue weighted by atomic mass is 10.0. The molecule has 0 aliphatic rings. The summed E-state index contributed by atoms with van der Waals surface area (Å²) in [6.07, 6.45) is 0.847. The maximum absolute atomic E-state index is 12.5. The molecule has 2 aromatic carbocycles. The fourth-order valence-electron chi connectivity index (χ4n) is 2.32. The third-order valence-electron chi connectivity index (χ3n) is 3.55. The topological polar surface area (TPSA) is 41.1 Å². The molecule has 2 rings (SSSR count). The maximum Gasteiger partial charge on any atom is 0.252 e. The number of likely N-dealkylation sites (N-methyl/N-ethyl adjacent to an activating group) is 1. The van der Waals surface area contributed by atoms with Crippen LogP contribution in [-0.2, 0) is 6.42 Å². The van der Waals surface area contributed by atoms with Crippen molar-refractivity contribution in [3.05, 3.63) is 71.3 Å². The van der Waals surface area contributed by atoms with E-state index in [-0.39, 0.29) is 11.9 Å². The van der Waals surface area contributed by atoms with E-state index >= 15 is 0 Å². The van der Waals surface area contributed by atoms with E-state index in [0.717, 1.165) is 29.7 Å². The largest absolute Gasteiger partial charge is 0.346 e. The molecule has 0 aliphatic carbocycles. The van der Waals surface area contributed by atoms with Gasteiger partial charge < -0.3 is 10.6 Å². The fourth-order valence-corrected chi connectivity index (χ4v) is 2.32. The van der Waals surface area contributed by atoms with Crippen LogP contribution in [0, 0.1) is 0 Å². The van der Waals surface area contributed by atoms with Crippen LogP contribution in [0.5, 0.6) is 0 Å². The molecule has 0 saturated heterocycles. The van der Waals surface area contributed by atoms with Crippen molar-refractivity contribution in [1.29, 1.82) is 0 Å². The highest BCUT2D eigenvalue weighted by Crippen LogP contribution is 2.14. The molecule has 0 heterocycles. The van der Waals surface area contributed by atoms with Gasteiger partial charge in [0.25, 0.3) is 5.91 Å². The second-order valence-corrected chi connectivity index (χ2v) is 5.12. The Labute approximate surface area is 126 Å². The molecule has 0 spiro atoms. The number of nitrogens with one attached hydrogen (secondary N) is 2. The Morgan fingerprint density at radius 1 is 1.05 bits per heavy atom. The zero-order chi connectivity index (χ0) is 15.1. The molecule has 3 heteroatoms. The van der Waals surface area contributed by atoms with Gasteiger partial charge in [0.2, 0.25) is 0 Å². The normalized spacial score (nSPS) is 11.9. The zero-order valence-corrected chi connectivity index (χ0v) is 12.6. The predicted octanol–water partition coefficient (Wildman–Crippen LogP) is 2.94. The molecule has 0 unspecified atom stereocenters. The first-order chi connectivity index (χ1) is 10.2. The van der Waals surface area contributed by atoms with Gasteiger partial charge in [-0.1, -0.05) is 48.5 Å². The number of hydrogen-bond donors (Lipinski definition) is 2. The van der Waals surface area contributed by atoms with Crippen LogP contribution >= 0.6 is 0 Å². The van der Waals surface area contributed by atoms with Gasteiger partial charge in [-0.15, -0.1) is 0 Å². The number of carbonyl (C=O) groups is 1. The second kappa shape index (κ2) is 7.60. The van der Waals surface area contributed by atoms with Gasteiger partial charge in [-0.05, 0) is 44.1 Å². The lowest BCUT2D eigenvalue weighted by Crippen LogP contribution is -2.28. The average molecular weight is 282 g/mol. The van der Waals surface area contributed by atoms with Crippen molar-refractivity contribution in [2.75, 3.05) is 13.6 Å². The molecular formula is C18H22N2O. The number of hydrogen-bond acceptors (Lipinski definition) is 2. The summed E-state index contributed by atoms with van der Waals surface area (Å²) in [4.78, 5) is 12.5.